The van der Waals surface area contributed by atoms with Crippen molar-refractivity contribution in [3.8, 4) is 0 Å². The van der Waals surface area contributed by atoms with Gasteiger partial charge < -0.3 is 4.74 Å². The lowest BCUT2D eigenvalue weighted by Crippen LogP contribution is -2.17. The second-order valence-electron chi connectivity index (χ2n) is 4.11. The minimum absolute atomic E-state index is 0.0162. The topological polar surface area (TPSA) is 61.2 Å². The van der Waals surface area contributed by atoms with Gasteiger partial charge in [-0.25, -0.2) is 4.79 Å². The van der Waals surface area contributed by atoms with Crippen molar-refractivity contribution in [3.63, 3.8) is 0 Å². The summed E-state index contributed by atoms with van der Waals surface area (Å²) < 4.78 is 6.04. The van der Waals surface area contributed by atoms with Crippen LogP contribution in [0, 0.1) is 6.92 Å². The van der Waals surface area contributed by atoms with Gasteiger partial charge in [0.15, 0.2) is 5.78 Å². The van der Waals surface area contributed by atoms with E-state index < -0.39 is 5.97 Å². The lowest BCUT2D eigenvalue weighted by molar-refractivity contribution is 0.0586. The number of hydrogen-bond donors (Lipinski definition) is 0. The summed E-state index contributed by atoms with van der Waals surface area (Å²) in [5, 5.41) is 4.14. The SMILES string of the molecule is COC(=O)c1cc(C)nn1CC(=O)c1ccccc1. The van der Waals surface area contributed by atoms with Crippen molar-refractivity contribution >= 4 is 11.8 Å². The smallest absolute Gasteiger partial charge is 0.356 e. The van der Waals surface area contributed by atoms with E-state index in [0.29, 0.717) is 11.3 Å². The Labute approximate surface area is 110 Å². The van der Waals surface area contributed by atoms with Crippen LogP contribution in [0.15, 0.2) is 36.4 Å². The van der Waals surface area contributed by atoms with Crippen molar-refractivity contribution in [2.75, 3.05) is 7.11 Å². The van der Waals surface area contributed by atoms with Gasteiger partial charge in [0.1, 0.15) is 12.2 Å². The molecular weight excluding hydrogens is 244 g/mol. The minimum atomic E-state index is -0.499. The van der Waals surface area contributed by atoms with E-state index in [0.717, 1.165) is 0 Å². The number of aromatic nitrogens is 2. The first-order valence-electron chi connectivity index (χ1n) is 5.83. The van der Waals surface area contributed by atoms with Crippen molar-refractivity contribution in [1.29, 1.82) is 0 Å². The van der Waals surface area contributed by atoms with Crippen LogP contribution in [-0.4, -0.2) is 28.6 Å². The van der Waals surface area contributed by atoms with Gasteiger partial charge >= 0.3 is 5.97 Å². The summed E-state index contributed by atoms with van der Waals surface area (Å²) >= 11 is 0. The molecule has 1 heterocycles. The normalized spacial score (nSPS) is 10.2. The summed E-state index contributed by atoms with van der Waals surface area (Å²) in [7, 11) is 1.30. The molecule has 2 rings (SSSR count). The van der Waals surface area contributed by atoms with E-state index in [9.17, 15) is 9.59 Å². The van der Waals surface area contributed by atoms with Crippen LogP contribution >= 0.6 is 0 Å². The summed E-state index contributed by atoms with van der Waals surface area (Å²) in [6, 6.07) is 10.5. The number of esters is 1. The Hall–Kier alpha value is -2.43. The van der Waals surface area contributed by atoms with Crippen molar-refractivity contribution in [2.45, 2.75) is 13.5 Å². The van der Waals surface area contributed by atoms with Crippen LogP contribution < -0.4 is 0 Å². The van der Waals surface area contributed by atoms with Crippen LogP contribution in [0.25, 0.3) is 0 Å². The first-order valence-corrected chi connectivity index (χ1v) is 5.83. The average Bonchev–Trinajstić information content (AvgIpc) is 2.79. The molecule has 0 unspecified atom stereocenters. The van der Waals surface area contributed by atoms with Crippen LogP contribution in [0.5, 0.6) is 0 Å². The predicted molar refractivity (Wildman–Crippen MR) is 69.1 cm³/mol. The molecule has 5 nitrogen and oxygen atoms in total. The molecule has 0 fully saturated rings. The zero-order valence-corrected chi connectivity index (χ0v) is 10.8. The quantitative estimate of drug-likeness (QED) is 0.620. The van der Waals surface area contributed by atoms with Gasteiger partial charge in [0, 0.05) is 5.56 Å². The Balaban J connectivity index is 2.24. The van der Waals surface area contributed by atoms with Gasteiger partial charge in [-0.15, -0.1) is 0 Å². The van der Waals surface area contributed by atoms with Crippen LogP contribution in [-0.2, 0) is 11.3 Å². The molecule has 0 amide bonds. The predicted octanol–water partition coefficient (Wildman–Crippen LogP) is 1.86. The van der Waals surface area contributed by atoms with E-state index in [-0.39, 0.29) is 18.0 Å². The maximum atomic E-state index is 12.1. The van der Waals surface area contributed by atoms with E-state index in [1.54, 1.807) is 37.3 Å². The maximum absolute atomic E-state index is 12.1. The molecule has 1 aromatic carbocycles. The molecule has 1 aromatic heterocycles. The third kappa shape index (κ3) is 2.88. The van der Waals surface area contributed by atoms with Gasteiger partial charge in [0.25, 0.3) is 0 Å². The van der Waals surface area contributed by atoms with Crippen LogP contribution in [0.2, 0.25) is 0 Å². The first kappa shape index (κ1) is 13.0. The number of methoxy groups -OCH3 is 1. The Morgan fingerprint density at radius 2 is 1.95 bits per heavy atom. The Morgan fingerprint density at radius 1 is 1.26 bits per heavy atom. The fourth-order valence-corrected chi connectivity index (χ4v) is 1.79. The molecule has 19 heavy (non-hydrogen) atoms. The number of carbonyl (C=O) groups excluding carboxylic acids is 2. The second-order valence-corrected chi connectivity index (χ2v) is 4.11. The van der Waals surface area contributed by atoms with E-state index in [1.165, 1.54) is 11.8 Å². The highest BCUT2D eigenvalue weighted by molar-refractivity contribution is 5.96. The van der Waals surface area contributed by atoms with E-state index in [1.807, 2.05) is 6.07 Å². The molecule has 2 aromatic rings. The van der Waals surface area contributed by atoms with Crippen molar-refractivity contribution in [1.82, 2.24) is 9.78 Å². The summed E-state index contributed by atoms with van der Waals surface area (Å²) in [6.45, 7) is 1.78. The number of ether oxygens (including phenoxy) is 1. The first-order chi connectivity index (χ1) is 9.11. The Bertz CT molecular complexity index is 602. The molecule has 0 saturated carbocycles. The largest absolute Gasteiger partial charge is 0.464 e. The Kier molecular flexibility index (Phi) is 3.75. The minimum Gasteiger partial charge on any atom is -0.464 e. The summed E-state index contributed by atoms with van der Waals surface area (Å²) in [6.07, 6.45) is 0. The third-order valence-corrected chi connectivity index (χ3v) is 2.69. The summed E-state index contributed by atoms with van der Waals surface area (Å²) in [5.74, 6) is -0.602. The maximum Gasteiger partial charge on any atom is 0.356 e. The molecular formula is C14H14N2O3. The molecule has 0 atom stereocenters. The van der Waals surface area contributed by atoms with E-state index in [4.69, 9.17) is 0 Å². The number of hydrogen-bond acceptors (Lipinski definition) is 4. The molecule has 0 N–H and O–H groups in total. The van der Waals surface area contributed by atoms with Crippen LogP contribution in [0.1, 0.15) is 26.5 Å². The molecule has 0 spiro atoms. The fraction of sp³-hybridized carbons (Fsp3) is 0.214. The molecule has 0 aliphatic heterocycles. The van der Waals surface area contributed by atoms with Gasteiger partial charge in [-0.2, -0.15) is 5.10 Å². The summed E-state index contributed by atoms with van der Waals surface area (Å²) in [5.41, 5.74) is 1.54. The number of rotatable bonds is 4. The zero-order chi connectivity index (χ0) is 13.8. The van der Waals surface area contributed by atoms with Crippen LogP contribution in [0.3, 0.4) is 0 Å². The Morgan fingerprint density at radius 3 is 2.58 bits per heavy atom. The molecule has 0 radical (unpaired) electrons. The van der Waals surface area contributed by atoms with Crippen LogP contribution in [0.4, 0.5) is 0 Å². The molecule has 98 valence electrons. The molecule has 0 saturated heterocycles. The van der Waals surface area contributed by atoms with Gasteiger partial charge in [0.05, 0.1) is 12.8 Å². The lowest BCUT2D eigenvalue weighted by atomic mass is 10.1. The average molecular weight is 258 g/mol. The van der Waals surface area contributed by atoms with E-state index in [2.05, 4.69) is 9.84 Å². The molecule has 5 heteroatoms. The molecule has 0 aliphatic carbocycles. The van der Waals surface area contributed by atoms with Crippen molar-refractivity contribution < 1.29 is 14.3 Å². The second kappa shape index (κ2) is 5.48. The van der Waals surface area contributed by atoms with Gasteiger partial charge in [-0.05, 0) is 13.0 Å². The fourth-order valence-electron chi connectivity index (χ4n) is 1.79. The number of Topliss-reactive ketones (excluding diaryl/α,β-unsaturated/α-hetero) is 1. The van der Waals surface area contributed by atoms with Crippen molar-refractivity contribution in [2.24, 2.45) is 0 Å². The van der Waals surface area contributed by atoms with Gasteiger partial charge in [-0.1, -0.05) is 30.3 Å². The number of nitrogens with zero attached hydrogens (tertiary/aromatic N) is 2. The van der Waals surface area contributed by atoms with E-state index >= 15 is 0 Å². The zero-order valence-electron chi connectivity index (χ0n) is 10.8. The van der Waals surface area contributed by atoms with Gasteiger partial charge in [-0.3, -0.25) is 9.48 Å². The highest BCUT2D eigenvalue weighted by Gasteiger charge is 2.17. The highest BCUT2D eigenvalue weighted by Crippen LogP contribution is 2.08. The monoisotopic (exact) mass is 258 g/mol. The third-order valence-electron chi connectivity index (χ3n) is 2.69. The number of carbonyl (C=O) groups is 2. The molecule has 0 bridgehead atoms. The molecule has 0 aliphatic rings. The highest BCUT2D eigenvalue weighted by atomic mass is 16.5. The lowest BCUT2D eigenvalue weighted by Gasteiger charge is -2.05. The van der Waals surface area contributed by atoms with Crippen molar-refractivity contribution in [3.05, 3.63) is 53.3 Å². The number of aryl methyl sites for hydroxylation is 1. The van der Waals surface area contributed by atoms with Gasteiger partial charge in [0.2, 0.25) is 0 Å². The number of ketones is 1. The number of benzene rings is 1. The summed E-state index contributed by atoms with van der Waals surface area (Å²) in [4.78, 5) is 23.6. The standard InChI is InChI=1S/C14H14N2O3/c1-10-8-12(14(18)19-2)16(15-10)9-13(17)11-6-4-3-5-7-11/h3-8H,9H2,1-2H3.